The Morgan fingerprint density at radius 3 is 2.71 bits per heavy atom. The summed E-state index contributed by atoms with van der Waals surface area (Å²) in [7, 11) is 2.04. The van der Waals surface area contributed by atoms with Gasteiger partial charge in [0.05, 0.1) is 23.9 Å². The lowest BCUT2D eigenvalue weighted by Gasteiger charge is -2.07. The fraction of sp³-hybridized carbons (Fsp3) is 0.190. The number of aryl methyl sites for hydroxylation is 3. The van der Waals surface area contributed by atoms with E-state index in [1.807, 2.05) is 43.8 Å². The van der Waals surface area contributed by atoms with Crippen molar-refractivity contribution in [1.29, 1.82) is 5.41 Å². The topological polar surface area (TPSA) is 97.5 Å². The Labute approximate surface area is 163 Å². The van der Waals surface area contributed by atoms with Crippen molar-refractivity contribution < 1.29 is 0 Å². The zero-order valence-electron chi connectivity index (χ0n) is 15.8. The molecular weight excluding hydrogens is 350 g/mol. The molecule has 0 aliphatic carbocycles. The summed E-state index contributed by atoms with van der Waals surface area (Å²) in [6.07, 6.45) is 6.56. The fourth-order valence-electron chi connectivity index (χ4n) is 3.23. The third kappa shape index (κ3) is 3.73. The van der Waals surface area contributed by atoms with Gasteiger partial charge in [-0.2, -0.15) is 0 Å². The van der Waals surface area contributed by atoms with Crippen LogP contribution in [0.5, 0.6) is 0 Å². The number of amidine groups is 1. The van der Waals surface area contributed by atoms with Crippen LogP contribution in [0, 0.1) is 5.41 Å². The molecular formula is C21H23N7. The minimum atomic E-state index is 0.0748. The summed E-state index contributed by atoms with van der Waals surface area (Å²) >= 11 is 0. The molecule has 0 saturated heterocycles. The molecule has 142 valence electrons. The van der Waals surface area contributed by atoms with Crippen molar-refractivity contribution in [3.8, 4) is 0 Å². The molecule has 2 aromatic heterocycles. The number of hydrogen-bond donors (Lipinski definition) is 3. The fourth-order valence-corrected chi connectivity index (χ4v) is 3.23. The van der Waals surface area contributed by atoms with Gasteiger partial charge in [-0.25, -0.2) is 9.97 Å². The van der Waals surface area contributed by atoms with E-state index in [9.17, 15) is 0 Å². The lowest BCUT2D eigenvalue weighted by molar-refractivity contribution is 0.696. The molecule has 4 N–H and O–H groups in total. The third-order valence-corrected chi connectivity index (χ3v) is 4.90. The highest BCUT2D eigenvalue weighted by atomic mass is 15.1. The Balaban J connectivity index is 1.46. The van der Waals surface area contributed by atoms with E-state index in [4.69, 9.17) is 16.1 Å². The van der Waals surface area contributed by atoms with Crippen molar-refractivity contribution in [3.05, 3.63) is 78.1 Å². The highest BCUT2D eigenvalue weighted by molar-refractivity contribution is 5.95. The van der Waals surface area contributed by atoms with E-state index in [1.54, 1.807) is 6.20 Å². The molecule has 0 radical (unpaired) electrons. The standard InChI is InChI=1S/C21H23N7/c1-27-19-7-2-15(8-10-28-11-9-24-14-28)12-18(19)26-20(27)13-25-17-5-3-16(4-6-17)21(22)23/h2-7,9,11-12,14,25H,8,10,13H2,1H3,(H3,22,23). The van der Waals surface area contributed by atoms with Crippen LogP contribution in [-0.2, 0) is 26.6 Å². The lowest BCUT2D eigenvalue weighted by atomic mass is 10.1. The number of nitrogens with two attached hydrogens (primary N) is 1. The zero-order valence-corrected chi connectivity index (χ0v) is 15.8. The first-order valence-electron chi connectivity index (χ1n) is 9.18. The van der Waals surface area contributed by atoms with Crippen molar-refractivity contribution in [2.24, 2.45) is 12.8 Å². The Kier molecular flexibility index (Phi) is 4.80. The van der Waals surface area contributed by atoms with Gasteiger partial charge in [0.15, 0.2) is 0 Å². The number of fused-ring (bicyclic) bond motifs is 1. The first kappa shape index (κ1) is 17.8. The van der Waals surface area contributed by atoms with Gasteiger partial charge in [0, 0.05) is 37.2 Å². The smallest absolute Gasteiger partial charge is 0.128 e. The predicted octanol–water partition coefficient (Wildman–Crippen LogP) is 2.91. The van der Waals surface area contributed by atoms with Crippen molar-refractivity contribution in [3.63, 3.8) is 0 Å². The summed E-state index contributed by atoms with van der Waals surface area (Å²) in [4.78, 5) is 8.89. The van der Waals surface area contributed by atoms with Crippen molar-refractivity contribution in [2.45, 2.75) is 19.5 Å². The van der Waals surface area contributed by atoms with Gasteiger partial charge < -0.3 is 20.2 Å². The van der Waals surface area contributed by atoms with Crippen LogP contribution in [0.25, 0.3) is 11.0 Å². The molecule has 7 heteroatoms. The van der Waals surface area contributed by atoms with Gasteiger partial charge in [-0.15, -0.1) is 0 Å². The number of aromatic nitrogens is 4. The van der Waals surface area contributed by atoms with E-state index >= 15 is 0 Å². The molecule has 4 aromatic rings. The van der Waals surface area contributed by atoms with Gasteiger partial charge in [-0.3, -0.25) is 5.41 Å². The summed E-state index contributed by atoms with van der Waals surface area (Å²) in [5, 5.41) is 10.8. The van der Waals surface area contributed by atoms with Crippen molar-refractivity contribution >= 4 is 22.6 Å². The Morgan fingerprint density at radius 2 is 2.00 bits per heavy atom. The van der Waals surface area contributed by atoms with Gasteiger partial charge in [-0.1, -0.05) is 6.07 Å². The van der Waals surface area contributed by atoms with E-state index < -0.39 is 0 Å². The van der Waals surface area contributed by atoms with Crippen LogP contribution in [0.15, 0.2) is 61.2 Å². The van der Waals surface area contributed by atoms with E-state index in [2.05, 4.69) is 37.6 Å². The van der Waals surface area contributed by atoms with Gasteiger partial charge in [0.2, 0.25) is 0 Å². The Hall–Kier alpha value is -3.61. The minimum Gasteiger partial charge on any atom is -0.384 e. The molecule has 0 bridgehead atoms. The maximum Gasteiger partial charge on any atom is 0.128 e. The molecule has 28 heavy (non-hydrogen) atoms. The summed E-state index contributed by atoms with van der Waals surface area (Å²) in [6, 6.07) is 14.0. The van der Waals surface area contributed by atoms with Crippen molar-refractivity contribution in [2.75, 3.05) is 5.32 Å². The van der Waals surface area contributed by atoms with E-state index in [0.29, 0.717) is 6.54 Å². The molecule has 0 unspecified atom stereocenters. The summed E-state index contributed by atoms with van der Waals surface area (Å²) in [5.74, 6) is 1.04. The molecule has 4 rings (SSSR count). The SMILES string of the molecule is Cn1c(CNc2ccc(C(=N)N)cc2)nc2cc(CCn3ccnc3)ccc21. The van der Waals surface area contributed by atoms with E-state index in [-0.39, 0.29) is 5.84 Å². The molecule has 2 aromatic carbocycles. The number of nitrogens with one attached hydrogen (secondary N) is 2. The van der Waals surface area contributed by atoms with Crippen LogP contribution in [0.3, 0.4) is 0 Å². The van der Waals surface area contributed by atoms with E-state index in [0.717, 1.165) is 41.1 Å². The van der Waals surface area contributed by atoms with Gasteiger partial charge in [0.25, 0.3) is 0 Å². The van der Waals surface area contributed by atoms with Crippen LogP contribution >= 0.6 is 0 Å². The summed E-state index contributed by atoms with van der Waals surface area (Å²) in [6.45, 7) is 1.53. The average molecular weight is 373 g/mol. The normalized spacial score (nSPS) is 11.0. The van der Waals surface area contributed by atoms with Gasteiger partial charge in [0.1, 0.15) is 11.7 Å². The monoisotopic (exact) mass is 373 g/mol. The second-order valence-electron chi connectivity index (χ2n) is 6.81. The maximum absolute atomic E-state index is 7.46. The summed E-state index contributed by atoms with van der Waals surface area (Å²) in [5.41, 5.74) is 10.6. The van der Waals surface area contributed by atoms with Crippen LogP contribution < -0.4 is 11.1 Å². The lowest BCUT2D eigenvalue weighted by Crippen LogP contribution is -2.11. The molecule has 0 aliphatic rings. The quantitative estimate of drug-likeness (QED) is 0.343. The van der Waals surface area contributed by atoms with Crippen LogP contribution in [0.2, 0.25) is 0 Å². The number of nitrogen functional groups attached to an aromatic ring is 1. The maximum atomic E-state index is 7.46. The molecule has 0 saturated carbocycles. The van der Waals surface area contributed by atoms with Crippen LogP contribution in [0.4, 0.5) is 5.69 Å². The summed E-state index contributed by atoms with van der Waals surface area (Å²) < 4.78 is 4.20. The average Bonchev–Trinajstić information content (AvgIpc) is 3.33. The van der Waals surface area contributed by atoms with Crippen LogP contribution in [-0.4, -0.2) is 24.9 Å². The molecule has 0 aliphatic heterocycles. The molecule has 0 spiro atoms. The number of imidazole rings is 2. The first-order chi connectivity index (χ1) is 13.6. The number of nitrogens with zero attached hydrogens (tertiary/aromatic N) is 4. The number of benzene rings is 2. The third-order valence-electron chi connectivity index (χ3n) is 4.90. The molecule has 0 fully saturated rings. The molecule has 0 atom stereocenters. The van der Waals surface area contributed by atoms with Crippen molar-refractivity contribution in [1.82, 2.24) is 19.1 Å². The van der Waals surface area contributed by atoms with Gasteiger partial charge in [-0.05, 0) is 48.4 Å². The van der Waals surface area contributed by atoms with E-state index in [1.165, 1.54) is 5.56 Å². The van der Waals surface area contributed by atoms with Gasteiger partial charge >= 0.3 is 0 Å². The molecule has 2 heterocycles. The number of hydrogen-bond acceptors (Lipinski definition) is 4. The predicted molar refractivity (Wildman–Crippen MR) is 111 cm³/mol. The number of rotatable bonds is 7. The Morgan fingerprint density at radius 1 is 1.18 bits per heavy atom. The minimum absolute atomic E-state index is 0.0748. The largest absolute Gasteiger partial charge is 0.384 e. The molecule has 7 nitrogen and oxygen atoms in total. The first-order valence-corrected chi connectivity index (χ1v) is 9.18. The second kappa shape index (κ2) is 7.56. The zero-order chi connectivity index (χ0) is 19.5. The Bertz CT molecular complexity index is 1090. The number of anilines is 1. The van der Waals surface area contributed by atoms with Crippen LogP contribution in [0.1, 0.15) is 17.0 Å². The second-order valence-corrected chi connectivity index (χ2v) is 6.81. The highest BCUT2D eigenvalue weighted by Crippen LogP contribution is 2.19. The molecule has 0 amide bonds. The highest BCUT2D eigenvalue weighted by Gasteiger charge is 2.09.